The molecule has 0 spiro atoms. The van der Waals surface area contributed by atoms with Crippen molar-refractivity contribution in [3.8, 4) is 0 Å². The van der Waals surface area contributed by atoms with Gasteiger partial charge in [0.1, 0.15) is 0 Å². The molecule has 4 rings (SSSR count). The van der Waals surface area contributed by atoms with Gasteiger partial charge in [-0.2, -0.15) is 31.1 Å². The van der Waals surface area contributed by atoms with Crippen LogP contribution in [0.5, 0.6) is 0 Å². The number of nitrogens with one attached hydrogen (secondary N) is 2. The van der Waals surface area contributed by atoms with Crippen LogP contribution in [0.2, 0.25) is 0 Å². The predicted octanol–water partition coefficient (Wildman–Crippen LogP) is 4.46. The van der Waals surface area contributed by atoms with E-state index in [0.717, 1.165) is 49.7 Å². The van der Waals surface area contributed by atoms with E-state index in [0.29, 0.717) is 37.0 Å². The van der Waals surface area contributed by atoms with Crippen molar-refractivity contribution in [1.82, 2.24) is 14.9 Å². The van der Waals surface area contributed by atoms with Gasteiger partial charge in [-0.15, -0.1) is 0 Å². The minimum atomic E-state index is -5.45. The fraction of sp³-hybridized carbons (Fsp3) is 0.519. The molecule has 7 nitrogen and oxygen atoms in total. The van der Waals surface area contributed by atoms with Gasteiger partial charge in [-0.3, -0.25) is 9.69 Å². The van der Waals surface area contributed by atoms with E-state index in [1.807, 2.05) is 18.2 Å². The lowest BCUT2D eigenvalue weighted by Gasteiger charge is -2.31. The number of alkyl halides is 6. The highest BCUT2D eigenvalue weighted by Gasteiger charge is 2.50. The van der Waals surface area contributed by atoms with Crippen LogP contribution in [0.25, 0.3) is 0 Å². The standard InChI is InChI=1S/C27H31F6N3O4S/c28-26(29,30)19-7-5-8-20(15-19)41(39,40)35-24(27(31,32)33)23(37)25(38)34-22-9-4-6-18-14-17(10-11-21(18)22)16-36-12-2-1-3-13-36/h5,7-8,10-11,14-15,22-24,35,37H,1-4,6,9,12-13,16H2,(H,34,38)/t22-,23-,24-/m1/s1. The van der Waals surface area contributed by atoms with Crippen LogP contribution in [-0.4, -0.2) is 55.7 Å². The van der Waals surface area contributed by atoms with Crippen molar-refractivity contribution < 1.29 is 44.7 Å². The smallest absolute Gasteiger partial charge is 0.381 e. The Labute approximate surface area is 234 Å². The van der Waals surface area contributed by atoms with E-state index < -0.39 is 56.9 Å². The van der Waals surface area contributed by atoms with Crippen LogP contribution in [0.4, 0.5) is 26.3 Å². The van der Waals surface area contributed by atoms with Gasteiger partial charge in [0.2, 0.25) is 10.0 Å². The molecular formula is C27H31F6N3O4S. The van der Waals surface area contributed by atoms with E-state index in [-0.39, 0.29) is 6.07 Å². The number of sulfonamides is 1. The number of halogens is 6. The summed E-state index contributed by atoms with van der Waals surface area (Å²) in [5.74, 6) is -1.46. The molecule has 0 saturated carbocycles. The first-order valence-electron chi connectivity index (χ1n) is 13.2. The van der Waals surface area contributed by atoms with Gasteiger partial charge in [0.25, 0.3) is 5.91 Å². The number of likely N-dealkylation sites (tertiary alicyclic amines) is 1. The Bertz CT molecular complexity index is 1340. The molecule has 0 aromatic heterocycles. The van der Waals surface area contributed by atoms with Crippen LogP contribution in [0.1, 0.15) is 60.4 Å². The molecule has 41 heavy (non-hydrogen) atoms. The third-order valence-corrected chi connectivity index (χ3v) is 8.82. The van der Waals surface area contributed by atoms with E-state index in [9.17, 15) is 44.7 Å². The summed E-state index contributed by atoms with van der Waals surface area (Å²) < 4.78 is 107. The molecule has 1 saturated heterocycles. The van der Waals surface area contributed by atoms with Gasteiger partial charge < -0.3 is 10.4 Å². The van der Waals surface area contributed by atoms with Crippen LogP contribution in [0.15, 0.2) is 47.4 Å². The number of carbonyl (C=O) groups excluding carboxylic acids is 1. The number of carbonyl (C=O) groups is 1. The van der Waals surface area contributed by atoms with Gasteiger partial charge in [0.05, 0.1) is 16.5 Å². The zero-order valence-electron chi connectivity index (χ0n) is 21.9. The first kappa shape index (κ1) is 31.3. The summed E-state index contributed by atoms with van der Waals surface area (Å²) in [6.45, 7) is 2.78. The number of nitrogens with zero attached hydrogens (tertiary/aromatic N) is 1. The number of hydrogen-bond donors (Lipinski definition) is 3. The third-order valence-electron chi connectivity index (χ3n) is 7.38. The number of aliphatic hydroxyl groups excluding tert-OH is 1. The summed E-state index contributed by atoms with van der Waals surface area (Å²) in [6.07, 6.45) is -8.09. The van der Waals surface area contributed by atoms with Crippen molar-refractivity contribution in [2.75, 3.05) is 13.1 Å². The van der Waals surface area contributed by atoms with Crippen LogP contribution in [-0.2, 0) is 34.0 Å². The summed E-state index contributed by atoms with van der Waals surface area (Å²) in [7, 11) is -5.22. The van der Waals surface area contributed by atoms with Gasteiger partial charge in [0, 0.05) is 6.54 Å². The molecule has 1 aliphatic carbocycles. The van der Waals surface area contributed by atoms with Gasteiger partial charge in [0.15, 0.2) is 12.1 Å². The molecule has 1 amide bonds. The van der Waals surface area contributed by atoms with Crippen LogP contribution in [0, 0.1) is 0 Å². The van der Waals surface area contributed by atoms with E-state index in [4.69, 9.17) is 0 Å². The molecule has 0 bridgehead atoms. The lowest BCUT2D eigenvalue weighted by atomic mass is 9.86. The van der Waals surface area contributed by atoms with Gasteiger partial charge in [-0.05, 0) is 80.1 Å². The number of benzene rings is 2. The van der Waals surface area contributed by atoms with Crippen molar-refractivity contribution in [2.45, 2.75) is 80.5 Å². The van der Waals surface area contributed by atoms with E-state index in [1.165, 1.54) is 11.1 Å². The molecule has 1 aliphatic heterocycles. The lowest BCUT2D eigenvalue weighted by Crippen LogP contribution is -2.57. The minimum Gasteiger partial charge on any atom is -0.381 e. The van der Waals surface area contributed by atoms with Crippen molar-refractivity contribution in [1.29, 1.82) is 0 Å². The molecule has 1 heterocycles. The lowest BCUT2D eigenvalue weighted by molar-refractivity contribution is -0.178. The van der Waals surface area contributed by atoms with Crippen LogP contribution < -0.4 is 10.0 Å². The third kappa shape index (κ3) is 7.79. The van der Waals surface area contributed by atoms with E-state index >= 15 is 0 Å². The number of aryl methyl sites for hydroxylation is 1. The SMILES string of the molecule is O=C(N[C@@H]1CCCc2cc(CN3CCCCC3)ccc21)[C@H](O)[C@@H](NS(=O)(=O)c1cccc(C(F)(F)F)c1)C(F)(F)F. The number of hydrogen-bond acceptors (Lipinski definition) is 5. The fourth-order valence-corrected chi connectivity index (χ4v) is 6.56. The topological polar surface area (TPSA) is 98.7 Å². The van der Waals surface area contributed by atoms with E-state index in [1.54, 1.807) is 0 Å². The fourth-order valence-electron chi connectivity index (χ4n) is 5.29. The van der Waals surface area contributed by atoms with Gasteiger partial charge in [-0.25, -0.2) is 8.42 Å². The normalized spacial score (nSPS) is 20.2. The van der Waals surface area contributed by atoms with Crippen molar-refractivity contribution in [2.24, 2.45) is 0 Å². The molecule has 1 fully saturated rings. The first-order chi connectivity index (χ1) is 19.1. The zero-order chi connectivity index (χ0) is 30.0. The molecule has 2 aromatic carbocycles. The second kappa shape index (κ2) is 12.3. The highest BCUT2D eigenvalue weighted by atomic mass is 32.2. The Morgan fingerprint density at radius 3 is 2.37 bits per heavy atom. The molecule has 3 atom stereocenters. The van der Waals surface area contributed by atoms with Crippen LogP contribution in [0.3, 0.4) is 0 Å². The Morgan fingerprint density at radius 2 is 1.71 bits per heavy atom. The summed E-state index contributed by atoms with van der Waals surface area (Å²) in [4.78, 5) is 14.0. The molecular weight excluding hydrogens is 576 g/mol. The highest BCUT2D eigenvalue weighted by Crippen LogP contribution is 2.33. The average molecular weight is 608 g/mol. The highest BCUT2D eigenvalue weighted by molar-refractivity contribution is 7.89. The maximum absolute atomic E-state index is 13.8. The Morgan fingerprint density at radius 1 is 1.00 bits per heavy atom. The molecule has 2 aliphatic rings. The number of piperidine rings is 1. The molecule has 226 valence electrons. The number of rotatable bonds is 8. The van der Waals surface area contributed by atoms with Gasteiger partial charge in [-0.1, -0.05) is 30.7 Å². The number of fused-ring (bicyclic) bond motifs is 1. The number of amides is 1. The molecule has 14 heteroatoms. The Hall–Kier alpha value is -2.68. The monoisotopic (exact) mass is 607 g/mol. The maximum Gasteiger partial charge on any atom is 0.416 e. The van der Waals surface area contributed by atoms with Crippen LogP contribution >= 0.6 is 0 Å². The maximum atomic E-state index is 13.8. The summed E-state index contributed by atoms with van der Waals surface area (Å²) in [5.41, 5.74) is 1.33. The quantitative estimate of drug-likeness (QED) is 0.385. The molecule has 2 aromatic rings. The van der Waals surface area contributed by atoms with Crippen molar-refractivity contribution in [3.63, 3.8) is 0 Å². The first-order valence-corrected chi connectivity index (χ1v) is 14.7. The predicted molar refractivity (Wildman–Crippen MR) is 137 cm³/mol. The summed E-state index contributed by atoms with van der Waals surface area (Å²) in [5, 5.41) is 12.8. The molecule has 0 radical (unpaired) electrons. The average Bonchev–Trinajstić information content (AvgIpc) is 2.91. The second-order valence-corrected chi connectivity index (χ2v) is 12.1. The van der Waals surface area contributed by atoms with Crippen molar-refractivity contribution >= 4 is 15.9 Å². The molecule has 0 unspecified atom stereocenters. The summed E-state index contributed by atoms with van der Waals surface area (Å²) in [6, 6.07) is 3.83. The molecule has 3 N–H and O–H groups in total. The van der Waals surface area contributed by atoms with Gasteiger partial charge >= 0.3 is 12.4 Å². The minimum absolute atomic E-state index is 0.167. The van der Waals surface area contributed by atoms with E-state index in [2.05, 4.69) is 10.2 Å². The van der Waals surface area contributed by atoms with Crippen molar-refractivity contribution in [3.05, 3.63) is 64.7 Å². The second-order valence-electron chi connectivity index (χ2n) is 10.4. The summed E-state index contributed by atoms with van der Waals surface area (Å²) >= 11 is 0. The number of aliphatic hydroxyl groups is 1. The Balaban J connectivity index is 1.49. The Kier molecular flexibility index (Phi) is 9.36. The largest absolute Gasteiger partial charge is 0.416 e. The zero-order valence-corrected chi connectivity index (χ0v) is 22.7.